The fraction of sp³-hybridized carbons (Fsp3) is 0.333. The minimum Gasteiger partial charge on any atom is -0.305 e. The maximum atomic E-state index is 4.46. The van der Waals surface area contributed by atoms with E-state index in [0.717, 1.165) is 42.5 Å². The SMILES string of the molecule is CCCSc1nnc(Cc2cccs2)n1CCc1ccccc1. The average molecular weight is 344 g/mol. The third-order valence-corrected chi connectivity index (χ3v) is 5.66. The highest BCUT2D eigenvalue weighted by Gasteiger charge is 2.13. The molecule has 0 unspecified atom stereocenters. The summed E-state index contributed by atoms with van der Waals surface area (Å²) < 4.78 is 2.30. The first-order valence-corrected chi connectivity index (χ1v) is 9.84. The minimum absolute atomic E-state index is 0.867. The van der Waals surface area contributed by atoms with Crippen molar-refractivity contribution < 1.29 is 0 Å². The molecule has 0 saturated carbocycles. The van der Waals surface area contributed by atoms with Crippen LogP contribution >= 0.6 is 23.1 Å². The molecule has 0 fully saturated rings. The lowest BCUT2D eigenvalue weighted by molar-refractivity contribution is 0.610. The zero-order valence-electron chi connectivity index (χ0n) is 13.3. The second-order valence-corrected chi connectivity index (χ2v) is 7.48. The summed E-state index contributed by atoms with van der Waals surface area (Å²) in [6.07, 6.45) is 3.03. The molecule has 3 aromatic rings. The first kappa shape index (κ1) is 16.3. The smallest absolute Gasteiger partial charge is 0.191 e. The minimum atomic E-state index is 0.867. The van der Waals surface area contributed by atoms with Crippen LogP contribution in [0.1, 0.15) is 29.6 Å². The standard InChI is InChI=1S/C18H21N3S2/c1-2-12-23-18-20-19-17(14-16-9-6-13-22-16)21(18)11-10-15-7-4-3-5-8-15/h3-9,13H,2,10-12,14H2,1H3. The predicted octanol–water partition coefficient (Wildman–Crippen LogP) is 4.68. The van der Waals surface area contributed by atoms with Crippen molar-refractivity contribution in [3.05, 3.63) is 64.1 Å². The third-order valence-electron chi connectivity index (χ3n) is 3.61. The summed E-state index contributed by atoms with van der Waals surface area (Å²) in [6, 6.07) is 14.9. The third kappa shape index (κ3) is 4.45. The Hall–Kier alpha value is -1.59. The van der Waals surface area contributed by atoms with Crippen LogP contribution in [0.25, 0.3) is 0 Å². The molecule has 1 aromatic carbocycles. The van der Waals surface area contributed by atoms with Crippen LogP contribution in [-0.4, -0.2) is 20.5 Å². The van der Waals surface area contributed by atoms with E-state index in [1.54, 1.807) is 11.3 Å². The van der Waals surface area contributed by atoms with Crippen LogP contribution in [0.3, 0.4) is 0 Å². The van der Waals surface area contributed by atoms with Gasteiger partial charge >= 0.3 is 0 Å². The van der Waals surface area contributed by atoms with Gasteiger partial charge in [-0.3, -0.25) is 0 Å². The highest BCUT2D eigenvalue weighted by molar-refractivity contribution is 7.99. The average Bonchev–Trinajstić information content (AvgIpc) is 3.22. The van der Waals surface area contributed by atoms with Crippen molar-refractivity contribution >= 4 is 23.1 Å². The van der Waals surface area contributed by atoms with Gasteiger partial charge in [0.2, 0.25) is 0 Å². The number of benzene rings is 1. The van der Waals surface area contributed by atoms with Gasteiger partial charge in [0.15, 0.2) is 5.16 Å². The Morgan fingerprint density at radius 3 is 2.70 bits per heavy atom. The van der Waals surface area contributed by atoms with Gasteiger partial charge in [-0.1, -0.05) is 55.1 Å². The molecule has 3 nitrogen and oxygen atoms in total. The van der Waals surface area contributed by atoms with Gasteiger partial charge < -0.3 is 4.57 Å². The van der Waals surface area contributed by atoms with Crippen molar-refractivity contribution in [2.75, 3.05) is 5.75 Å². The summed E-state index contributed by atoms with van der Waals surface area (Å²) in [4.78, 5) is 1.34. The monoisotopic (exact) mass is 343 g/mol. The van der Waals surface area contributed by atoms with Crippen LogP contribution in [-0.2, 0) is 19.4 Å². The van der Waals surface area contributed by atoms with E-state index in [1.807, 2.05) is 11.8 Å². The van der Waals surface area contributed by atoms with E-state index in [4.69, 9.17) is 0 Å². The van der Waals surface area contributed by atoms with Crippen molar-refractivity contribution in [3.63, 3.8) is 0 Å². The van der Waals surface area contributed by atoms with Gasteiger partial charge in [0.25, 0.3) is 0 Å². The second kappa shape index (κ2) is 8.31. The largest absolute Gasteiger partial charge is 0.305 e. The first-order valence-electron chi connectivity index (χ1n) is 7.98. The van der Waals surface area contributed by atoms with Crippen LogP contribution in [0.2, 0.25) is 0 Å². The summed E-state index contributed by atoms with van der Waals surface area (Å²) >= 11 is 3.59. The van der Waals surface area contributed by atoms with Gasteiger partial charge in [0.05, 0.1) is 0 Å². The van der Waals surface area contributed by atoms with E-state index in [2.05, 4.69) is 69.5 Å². The Morgan fingerprint density at radius 2 is 1.96 bits per heavy atom. The molecule has 0 aliphatic rings. The van der Waals surface area contributed by atoms with E-state index >= 15 is 0 Å². The summed E-state index contributed by atoms with van der Waals surface area (Å²) in [7, 11) is 0. The molecule has 23 heavy (non-hydrogen) atoms. The van der Waals surface area contributed by atoms with Crippen molar-refractivity contribution in [2.24, 2.45) is 0 Å². The Morgan fingerprint density at radius 1 is 1.09 bits per heavy atom. The number of hydrogen-bond acceptors (Lipinski definition) is 4. The van der Waals surface area contributed by atoms with E-state index < -0.39 is 0 Å². The van der Waals surface area contributed by atoms with E-state index in [0.29, 0.717) is 0 Å². The van der Waals surface area contributed by atoms with Crippen molar-refractivity contribution in [1.82, 2.24) is 14.8 Å². The molecule has 0 N–H and O–H groups in total. The highest BCUT2D eigenvalue weighted by Crippen LogP contribution is 2.21. The van der Waals surface area contributed by atoms with Crippen LogP contribution < -0.4 is 0 Å². The molecule has 2 heterocycles. The number of thiophene rings is 1. The molecule has 120 valence electrons. The lowest BCUT2D eigenvalue weighted by Crippen LogP contribution is -2.08. The number of aromatic nitrogens is 3. The fourth-order valence-electron chi connectivity index (χ4n) is 2.43. The van der Waals surface area contributed by atoms with Crippen molar-refractivity contribution in [3.8, 4) is 0 Å². The van der Waals surface area contributed by atoms with Gasteiger partial charge in [0.1, 0.15) is 5.82 Å². The molecule has 0 saturated heterocycles. The quantitative estimate of drug-likeness (QED) is 0.557. The van der Waals surface area contributed by atoms with Gasteiger partial charge in [-0.2, -0.15) is 0 Å². The summed E-state index contributed by atoms with van der Waals surface area (Å²) in [5.74, 6) is 2.16. The van der Waals surface area contributed by atoms with Crippen LogP contribution in [0.4, 0.5) is 0 Å². The Balaban J connectivity index is 1.77. The molecule has 3 rings (SSSR count). The maximum Gasteiger partial charge on any atom is 0.191 e. The molecular weight excluding hydrogens is 322 g/mol. The number of hydrogen-bond donors (Lipinski definition) is 0. The highest BCUT2D eigenvalue weighted by atomic mass is 32.2. The maximum absolute atomic E-state index is 4.46. The molecule has 5 heteroatoms. The van der Waals surface area contributed by atoms with Crippen molar-refractivity contribution in [1.29, 1.82) is 0 Å². The number of thioether (sulfide) groups is 1. The normalized spacial score (nSPS) is 11.0. The molecule has 0 bridgehead atoms. The summed E-state index contributed by atoms with van der Waals surface area (Å²) in [5.41, 5.74) is 1.36. The number of nitrogens with zero attached hydrogens (tertiary/aromatic N) is 3. The molecular formula is C18H21N3S2. The van der Waals surface area contributed by atoms with E-state index in [1.165, 1.54) is 10.4 Å². The predicted molar refractivity (Wildman–Crippen MR) is 98.3 cm³/mol. The van der Waals surface area contributed by atoms with Crippen LogP contribution in [0.15, 0.2) is 53.0 Å². The van der Waals surface area contributed by atoms with Gasteiger partial charge in [-0.15, -0.1) is 21.5 Å². The molecule has 0 amide bonds. The van der Waals surface area contributed by atoms with Gasteiger partial charge in [0, 0.05) is 23.6 Å². The Kier molecular flexibility index (Phi) is 5.88. The van der Waals surface area contributed by atoms with E-state index in [-0.39, 0.29) is 0 Å². The zero-order chi connectivity index (χ0) is 15.9. The number of aryl methyl sites for hydroxylation is 1. The second-order valence-electron chi connectivity index (χ2n) is 5.39. The summed E-state index contributed by atoms with van der Waals surface area (Å²) in [6.45, 7) is 3.13. The topological polar surface area (TPSA) is 30.7 Å². The lowest BCUT2D eigenvalue weighted by atomic mass is 10.1. The Bertz CT molecular complexity index is 705. The first-order chi connectivity index (χ1) is 11.4. The van der Waals surface area contributed by atoms with E-state index in [9.17, 15) is 0 Å². The van der Waals surface area contributed by atoms with Crippen LogP contribution in [0, 0.1) is 0 Å². The molecule has 0 spiro atoms. The fourth-order valence-corrected chi connectivity index (χ4v) is 3.97. The van der Waals surface area contributed by atoms with Gasteiger partial charge in [-0.05, 0) is 29.9 Å². The summed E-state index contributed by atoms with van der Waals surface area (Å²) in [5, 5.41) is 12.1. The molecule has 0 radical (unpaired) electrons. The van der Waals surface area contributed by atoms with Crippen molar-refractivity contribution in [2.45, 2.75) is 37.9 Å². The Labute approximate surface area is 145 Å². The molecule has 0 atom stereocenters. The molecule has 0 aliphatic heterocycles. The zero-order valence-corrected chi connectivity index (χ0v) is 14.9. The molecule has 0 aliphatic carbocycles. The molecule has 2 aromatic heterocycles. The van der Waals surface area contributed by atoms with Gasteiger partial charge in [-0.25, -0.2) is 0 Å². The van der Waals surface area contributed by atoms with Crippen LogP contribution in [0.5, 0.6) is 0 Å². The number of rotatable bonds is 8. The lowest BCUT2D eigenvalue weighted by Gasteiger charge is -2.10.